The number of hydrogen-bond acceptors (Lipinski definition) is 15. The summed E-state index contributed by atoms with van der Waals surface area (Å²) in [6, 6.07) is 0. The fourth-order valence-electron chi connectivity index (χ4n) is 9.53. The molecule has 5 atom stereocenters. The van der Waals surface area contributed by atoms with E-state index in [9.17, 15) is 43.2 Å². The first-order valence-electron chi connectivity index (χ1n) is 37.1. The molecule has 17 nitrogen and oxygen atoms in total. The van der Waals surface area contributed by atoms with Gasteiger partial charge in [-0.2, -0.15) is 0 Å². The van der Waals surface area contributed by atoms with Crippen LogP contribution in [-0.2, 0) is 65.4 Å². The number of rotatable bonds is 69. The minimum atomic E-state index is -5.00. The highest BCUT2D eigenvalue weighted by Gasteiger charge is 2.30. The molecule has 0 heterocycles. The average molecular weight is 1390 g/mol. The van der Waals surface area contributed by atoms with E-state index in [2.05, 4.69) is 113 Å². The quantitative estimate of drug-likeness (QED) is 0.0169. The zero-order valence-corrected chi connectivity index (χ0v) is 61.8. The number of phosphoric ester groups is 2. The molecule has 0 aromatic rings. The summed E-state index contributed by atoms with van der Waals surface area (Å²) < 4.78 is 68.2. The largest absolute Gasteiger partial charge is 0.472 e. The fourth-order valence-corrected chi connectivity index (χ4v) is 11.1. The molecule has 0 amide bonds. The minimum Gasteiger partial charge on any atom is -0.462 e. The number of unbranched alkanes of at least 4 members (excludes halogenated alkanes) is 26. The van der Waals surface area contributed by atoms with Gasteiger partial charge in [-0.15, -0.1) is 0 Å². The Labute approximate surface area is 581 Å². The third-order valence-electron chi connectivity index (χ3n) is 15.2. The van der Waals surface area contributed by atoms with Crippen LogP contribution in [0.3, 0.4) is 0 Å². The number of aliphatic hydroxyl groups excluding tert-OH is 1. The molecule has 0 saturated heterocycles. The second-order valence-corrected chi connectivity index (χ2v) is 27.4. The Morgan fingerprint density at radius 2 is 0.594 bits per heavy atom. The van der Waals surface area contributed by atoms with Crippen molar-refractivity contribution < 1.29 is 80.2 Å². The smallest absolute Gasteiger partial charge is 0.462 e. The van der Waals surface area contributed by atoms with Crippen LogP contribution in [0.1, 0.15) is 297 Å². The van der Waals surface area contributed by atoms with Crippen LogP contribution in [0.2, 0.25) is 0 Å². The predicted molar refractivity (Wildman–Crippen MR) is 390 cm³/mol. The Bertz CT molecular complexity index is 2250. The molecule has 96 heavy (non-hydrogen) atoms. The number of carbonyl (C=O) groups excluding carboxylic acids is 4. The van der Waals surface area contributed by atoms with Crippen molar-refractivity contribution in [3.05, 3.63) is 109 Å². The molecular weight excluding hydrogens is 1260 g/mol. The predicted octanol–water partition coefficient (Wildman–Crippen LogP) is 21.0. The van der Waals surface area contributed by atoms with Crippen LogP contribution < -0.4 is 0 Å². The maximum atomic E-state index is 13.0. The molecule has 0 aliphatic heterocycles. The number of carbonyl (C=O) groups is 4. The van der Waals surface area contributed by atoms with Crippen LogP contribution >= 0.6 is 15.6 Å². The molecule has 0 aliphatic rings. The van der Waals surface area contributed by atoms with Gasteiger partial charge in [0.1, 0.15) is 19.3 Å². The standard InChI is InChI=1S/C77H132O17P2/c1-5-9-13-17-21-25-29-32-35-38-42-45-49-53-57-61-74(79)87-67-72(93-76(81)63-59-55-51-47-41-28-24-20-16-12-8-4)69-91-95(83,84)89-65-71(78)66-90-96(85,86)92-70-73(94-77(82)64-60-56-52-48-44-40-37-34-31-27-23-19-15-11-7-3)68-88-75(80)62-58-54-50-46-43-39-36-33-30-26-22-18-14-10-6-2/h10,14,20,22-24,26-27,32-37,43,46,54,58,71-73,78H,5-9,11-13,15-19,21,25,28-31,38-42,44-45,47-53,55-57,59-70H2,1-4H3,(H,83,84)(H,85,86)/b14-10-,24-20-,26-22-,27-23-,35-32-,36-33-,37-34-,46-43-,58-54-. The van der Waals surface area contributed by atoms with Gasteiger partial charge in [0.25, 0.3) is 0 Å². The highest BCUT2D eigenvalue weighted by Crippen LogP contribution is 2.45. The van der Waals surface area contributed by atoms with Gasteiger partial charge >= 0.3 is 39.5 Å². The van der Waals surface area contributed by atoms with Crippen molar-refractivity contribution in [3.63, 3.8) is 0 Å². The molecule has 19 heteroatoms. The van der Waals surface area contributed by atoms with Crippen LogP contribution in [0.5, 0.6) is 0 Å². The van der Waals surface area contributed by atoms with Crippen molar-refractivity contribution in [2.75, 3.05) is 39.6 Å². The molecule has 0 aromatic heterocycles. The maximum Gasteiger partial charge on any atom is 0.472 e. The fraction of sp³-hybridized carbons (Fsp3) is 0.714. The molecule has 0 rings (SSSR count). The van der Waals surface area contributed by atoms with Crippen molar-refractivity contribution >= 4 is 39.5 Å². The van der Waals surface area contributed by atoms with E-state index in [0.717, 1.165) is 148 Å². The number of esters is 4. The summed E-state index contributed by atoms with van der Waals surface area (Å²) in [4.78, 5) is 72.6. The highest BCUT2D eigenvalue weighted by atomic mass is 31.2. The zero-order chi connectivity index (χ0) is 70.4. The van der Waals surface area contributed by atoms with E-state index in [-0.39, 0.29) is 25.7 Å². The van der Waals surface area contributed by atoms with Crippen molar-refractivity contribution in [2.24, 2.45) is 0 Å². The lowest BCUT2D eigenvalue weighted by Crippen LogP contribution is -2.30. The number of ether oxygens (including phenoxy) is 4. The van der Waals surface area contributed by atoms with E-state index in [1.807, 2.05) is 18.2 Å². The van der Waals surface area contributed by atoms with Crippen LogP contribution in [0.4, 0.5) is 0 Å². The second kappa shape index (κ2) is 69.2. The number of phosphoric acid groups is 2. The topological polar surface area (TPSA) is 237 Å². The van der Waals surface area contributed by atoms with E-state index in [1.165, 1.54) is 70.6 Å². The van der Waals surface area contributed by atoms with Crippen molar-refractivity contribution in [3.8, 4) is 0 Å². The van der Waals surface area contributed by atoms with Gasteiger partial charge in [0.15, 0.2) is 12.2 Å². The van der Waals surface area contributed by atoms with Crippen molar-refractivity contribution in [2.45, 2.75) is 316 Å². The van der Waals surface area contributed by atoms with Crippen molar-refractivity contribution in [1.29, 1.82) is 0 Å². The summed E-state index contributed by atoms with van der Waals surface area (Å²) >= 11 is 0. The Hall–Kier alpha value is -4.28. The second-order valence-electron chi connectivity index (χ2n) is 24.5. The number of hydrogen-bond donors (Lipinski definition) is 3. The minimum absolute atomic E-state index is 0.0580. The molecule has 5 unspecified atom stereocenters. The van der Waals surface area contributed by atoms with Crippen LogP contribution in [0, 0.1) is 0 Å². The van der Waals surface area contributed by atoms with Gasteiger partial charge in [-0.25, -0.2) is 9.13 Å². The number of allylic oxidation sites excluding steroid dienone is 17. The van der Waals surface area contributed by atoms with E-state index >= 15 is 0 Å². The monoisotopic (exact) mass is 1390 g/mol. The van der Waals surface area contributed by atoms with E-state index in [4.69, 9.17) is 37.0 Å². The molecule has 0 radical (unpaired) electrons. The lowest BCUT2D eigenvalue weighted by molar-refractivity contribution is -0.161. The Balaban J connectivity index is 5.41. The third kappa shape index (κ3) is 68.3. The van der Waals surface area contributed by atoms with Gasteiger partial charge in [0, 0.05) is 19.3 Å². The summed E-state index contributed by atoms with van der Waals surface area (Å²) in [5.74, 6) is -2.35. The summed E-state index contributed by atoms with van der Waals surface area (Å²) in [6.07, 6.45) is 72.6. The first-order chi connectivity index (χ1) is 46.7. The van der Waals surface area contributed by atoms with Gasteiger partial charge in [-0.05, 0) is 128 Å². The average Bonchev–Trinajstić information content (AvgIpc) is 1.09. The first kappa shape index (κ1) is 91.7. The molecule has 0 saturated carbocycles. The lowest BCUT2D eigenvalue weighted by atomic mass is 10.1. The van der Waals surface area contributed by atoms with Gasteiger partial charge in [-0.3, -0.25) is 37.3 Å². The Morgan fingerprint density at radius 3 is 0.990 bits per heavy atom. The number of aliphatic hydroxyl groups is 1. The van der Waals surface area contributed by atoms with Gasteiger partial charge in [-0.1, -0.05) is 253 Å². The SMILES string of the molecule is CC/C=C\C/C=C\C/C=C\C/C=C\C/C=C\CC(=O)OCC(COP(=O)(O)OCC(O)COP(=O)(O)OCC(COC(=O)CCCCCCC/C=C\CCCCCCCC)OC(=O)CCCCCCC/C=C\CCCC)OC(=O)CCCCCCC/C=C\C/C=C\CCCCC. The molecule has 552 valence electrons. The summed E-state index contributed by atoms with van der Waals surface area (Å²) in [5.41, 5.74) is 0. The first-order valence-corrected chi connectivity index (χ1v) is 40.1. The lowest BCUT2D eigenvalue weighted by Gasteiger charge is -2.21. The Morgan fingerprint density at radius 1 is 0.312 bits per heavy atom. The van der Waals surface area contributed by atoms with E-state index in [0.29, 0.717) is 25.7 Å². The molecule has 0 bridgehead atoms. The molecule has 3 N–H and O–H groups in total. The Kier molecular flexibility index (Phi) is 66.1. The van der Waals surface area contributed by atoms with E-state index in [1.54, 1.807) is 6.08 Å². The van der Waals surface area contributed by atoms with E-state index < -0.39 is 97.5 Å². The molecule has 0 spiro atoms. The maximum absolute atomic E-state index is 13.0. The van der Waals surface area contributed by atoms with Gasteiger partial charge in [0.05, 0.1) is 32.8 Å². The summed E-state index contributed by atoms with van der Waals surface area (Å²) in [7, 11) is -9.97. The molecule has 0 aromatic carbocycles. The molecule has 0 aliphatic carbocycles. The zero-order valence-electron chi connectivity index (χ0n) is 60.0. The van der Waals surface area contributed by atoms with Gasteiger partial charge < -0.3 is 33.8 Å². The van der Waals surface area contributed by atoms with Gasteiger partial charge in [0.2, 0.25) is 0 Å². The van der Waals surface area contributed by atoms with Crippen LogP contribution in [-0.4, -0.2) is 96.7 Å². The highest BCUT2D eigenvalue weighted by molar-refractivity contribution is 7.47. The summed E-state index contributed by atoms with van der Waals surface area (Å²) in [5, 5.41) is 10.6. The summed E-state index contributed by atoms with van der Waals surface area (Å²) in [6.45, 7) is 4.53. The molecular formula is C77H132O17P2. The van der Waals surface area contributed by atoms with Crippen LogP contribution in [0.15, 0.2) is 109 Å². The normalized spacial score (nSPS) is 14.6. The van der Waals surface area contributed by atoms with Crippen LogP contribution in [0.25, 0.3) is 0 Å². The third-order valence-corrected chi connectivity index (χ3v) is 17.1. The van der Waals surface area contributed by atoms with Crippen molar-refractivity contribution in [1.82, 2.24) is 0 Å². The molecule has 0 fully saturated rings.